The molecule has 1 amide bonds. The summed E-state index contributed by atoms with van der Waals surface area (Å²) in [7, 11) is -0.903. The minimum atomic E-state index is -0.903. The number of anilines is 1. The lowest BCUT2D eigenvalue weighted by atomic mass is 10.1. The summed E-state index contributed by atoms with van der Waals surface area (Å²) in [5.74, 6) is -0.199. The number of nitrogens with zero attached hydrogens (tertiary/aromatic N) is 1. The number of rotatable bonds is 7. The van der Waals surface area contributed by atoms with Crippen LogP contribution < -0.4 is 11.1 Å². The average Bonchev–Trinajstić information content (AvgIpc) is 2.36. The molecule has 2 atom stereocenters. The van der Waals surface area contributed by atoms with Gasteiger partial charge in [-0.05, 0) is 25.5 Å². The van der Waals surface area contributed by atoms with E-state index in [-0.39, 0.29) is 17.3 Å². The molecule has 0 heterocycles. The van der Waals surface area contributed by atoms with E-state index in [4.69, 9.17) is 5.73 Å². The third-order valence-corrected chi connectivity index (χ3v) is 3.53. The Hall–Kier alpha value is -1.96. The zero-order valence-corrected chi connectivity index (χ0v) is 12.1. The number of hydrogen-bond acceptors (Lipinski definition) is 5. The molecule has 2 unspecified atom stereocenters. The zero-order valence-electron chi connectivity index (χ0n) is 11.3. The SMILES string of the molecule is CC(CCS(C)=O)Nc1ccc(C(N)=O)cc1[N+](=O)[O-]. The maximum absolute atomic E-state index is 11.0. The van der Waals surface area contributed by atoms with E-state index in [1.54, 1.807) is 6.26 Å². The highest BCUT2D eigenvalue weighted by molar-refractivity contribution is 7.84. The molecule has 1 aromatic rings. The molecule has 20 heavy (non-hydrogen) atoms. The summed E-state index contributed by atoms with van der Waals surface area (Å²) in [5, 5.41) is 14.0. The van der Waals surface area contributed by atoms with E-state index in [0.717, 1.165) is 6.07 Å². The maximum atomic E-state index is 11.0. The van der Waals surface area contributed by atoms with Gasteiger partial charge >= 0.3 is 0 Å². The van der Waals surface area contributed by atoms with Crippen LogP contribution in [-0.2, 0) is 10.8 Å². The van der Waals surface area contributed by atoms with Crippen LogP contribution in [0.15, 0.2) is 18.2 Å². The molecule has 110 valence electrons. The first-order valence-corrected chi connectivity index (χ1v) is 7.68. The van der Waals surface area contributed by atoms with Crippen LogP contribution in [0.4, 0.5) is 11.4 Å². The molecule has 0 fully saturated rings. The second-order valence-electron chi connectivity index (χ2n) is 4.46. The molecule has 0 aliphatic carbocycles. The van der Waals surface area contributed by atoms with Crippen molar-refractivity contribution in [3.05, 3.63) is 33.9 Å². The van der Waals surface area contributed by atoms with Crippen molar-refractivity contribution in [2.24, 2.45) is 5.73 Å². The van der Waals surface area contributed by atoms with E-state index < -0.39 is 21.6 Å². The fraction of sp³-hybridized carbons (Fsp3) is 0.417. The fourth-order valence-electron chi connectivity index (χ4n) is 1.64. The number of nitro groups is 1. The summed E-state index contributed by atoms with van der Waals surface area (Å²) in [6.07, 6.45) is 2.23. The number of primary amides is 1. The van der Waals surface area contributed by atoms with Crippen molar-refractivity contribution < 1.29 is 13.9 Å². The molecule has 1 aromatic carbocycles. The van der Waals surface area contributed by atoms with Crippen LogP contribution in [0.1, 0.15) is 23.7 Å². The van der Waals surface area contributed by atoms with Crippen molar-refractivity contribution in [2.45, 2.75) is 19.4 Å². The Bertz CT molecular complexity index is 548. The predicted octanol–water partition coefficient (Wildman–Crippen LogP) is 1.26. The van der Waals surface area contributed by atoms with Crippen LogP contribution in [0.3, 0.4) is 0 Å². The van der Waals surface area contributed by atoms with Crippen LogP contribution in [0.5, 0.6) is 0 Å². The van der Waals surface area contributed by atoms with Crippen molar-refractivity contribution in [1.82, 2.24) is 0 Å². The van der Waals surface area contributed by atoms with Gasteiger partial charge in [0.05, 0.1) is 4.92 Å². The molecular weight excluding hydrogens is 282 g/mol. The highest BCUT2D eigenvalue weighted by Crippen LogP contribution is 2.26. The molecule has 7 nitrogen and oxygen atoms in total. The minimum Gasteiger partial charge on any atom is -0.377 e. The summed E-state index contributed by atoms with van der Waals surface area (Å²) >= 11 is 0. The number of nitro benzene ring substituents is 1. The Morgan fingerprint density at radius 1 is 1.55 bits per heavy atom. The molecular formula is C12H17N3O4S. The smallest absolute Gasteiger partial charge is 0.293 e. The second kappa shape index (κ2) is 6.99. The van der Waals surface area contributed by atoms with E-state index in [2.05, 4.69) is 5.32 Å². The molecule has 0 radical (unpaired) electrons. The van der Waals surface area contributed by atoms with Gasteiger partial charge in [0.1, 0.15) is 5.69 Å². The first-order valence-electron chi connectivity index (χ1n) is 5.96. The lowest BCUT2D eigenvalue weighted by molar-refractivity contribution is -0.384. The maximum Gasteiger partial charge on any atom is 0.293 e. The van der Waals surface area contributed by atoms with Gasteiger partial charge in [-0.1, -0.05) is 0 Å². The van der Waals surface area contributed by atoms with Crippen molar-refractivity contribution in [2.75, 3.05) is 17.3 Å². The number of nitrogens with one attached hydrogen (secondary N) is 1. The number of carbonyl (C=O) groups excluding carboxylic acids is 1. The van der Waals surface area contributed by atoms with Crippen LogP contribution >= 0.6 is 0 Å². The Labute approximate surface area is 119 Å². The van der Waals surface area contributed by atoms with Crippen molar-refractivity contribution >= 4 is 28.1 Å². The van der Waals surface area contributed by atoms with E-state index in [9.17, 15) is 19.1 Å². The van der Waals surface area contributed by atoms with Crippen LogP contribution in [0.2, 0.25) is 0 Å². The Morgan fingerprint density at radius 2 is 2.20 bits per heavy atom. The summed E-state index contributed by atoms with van der Waals surface area (Å²) in [6.45, 7) is 1.85. The van der Waals surface area contributed by atoms with Gasteiger partial charge in [-0.3, -0.25) is 19.1 Å². The van der Waals surface area contributed by atoms with Crippen molar-refractivity contribution in [1.29, 1.82) is 0 Å². The topological polar surface area (TPSA) is 115 Å². The summed E-state index contributed by atoms with van der Waals surface area (Å²) in [4.78, 5) is 21.5. The van der Waals surface area contributed by atoms with Crippen molar-refractivity contribution in [3.63, 3.8) is 0 Å². The lowest BCUT2D eigenvalue weighted by Crippen LogP contribution is -2.19. The molecule has 3 N–H and O–H groups in total. The third-order valence-electron chi connectivity index (χ3n) is 2.72. The van der Waals surface area contributed by atoms with Gasteiger partial charge in [-0.2, -0.15) is 0 Å². The molecule has 0 aliphatic heterocycles. The number of nitrogens with two attached hydrogens (primary N) is 1. The van der Waals surface area contributed by atoms with Gasteiger partial charge in [-0.25, -0.2) is 0 Å². The minimum absolute atomic E-state index is 0.0722. The van der Waals surface area contributed by atoms with Gasteiger partial charge in [0.15, 0.2) is 0 Å². The fourth-order valence-corrected chi connectivity index (χ4v) is 2.32. The van der Waals surface area contributed by atoms with Gasteiger partial charge < -0.3 is 11.1 Å². The molecule has 0 aliphatic rings. The molecule has 0 aromatic heterocycles. The van der Waals surface area contributed by atoms with Gasteiger partial charge in [0.25, 0.3) is 5.69 Å². The molecule has 1 rings (SSSR count). The van der Waals surface area contributed by atoms with E-state index in [1.807, 2.05) is 6.92 Å². The molecule has 0 spiro atoms. The van der Waals surface area contributed by atoms with Crippen LogP contribution in [0.25, 0.3) is 0 Å². The normalized spacial score (nSPS) is 13.5. The highest BCUT2D eigenvalue weighted by Gasteiger charge is 2.17. The lowest BCUT2D eigenvalue weighted by Gasteiger charge is -2.14. The van der Waals surface area contributed by atoms with E-state index in [0.29, 0.717) is 17.9 Å². The van der Waals surface area contributed by atoms with Gasteiger partial charge in [0.2, 0.25) is 5.91 Å². The van der Waals surface area contributed by atoms with Gasteiger partial charge in [0, 0.05) is 40.5 Å². The Balaban J connectivity index is 2.91. The number of hydrogen-bond donors (Lipinski definition) is 2. The zero-order chi connectivity index (χ0) is 15.3. The van der Waals surface area contributed by atoms with Crippen LogP contribution in [-0.4, -0.2) is 33.1 Å². The standard InChI is InChI=1S/C12H17N3O4S/c1-8(5-6-20(2)19)14-10-4-3-9(12(13)16)7-11(10)15(17)18/h3-4,7-8,14H,5-6H2,1-2H3,(H2,13,16). The molecule has 0 saturated heterocycles. The quantitative estimate of drug-likeness (QED) is 0.581. The van der Waals surface area contributed by atoms with Crippen molar-refractivity contribution in [3.8, 4) is 0 Å². The van der Waals surface area contributed by atoms with E-state index >= 15 is 0 Å². The predicted molar refractivity (Wildman–Crippen MR) is 78.2 cm³/mol. The van der Waals surface area contributed by atoms with Gasteiger partial charge in [-0.15, -0.1) is 0 Å². The first-order chi connectivity index (χ1) is 9.31. The Kier molecular flexibility index (Phi) is 5.63. The molecule has 0 saturated carbocycles. The molecule has 8 heteroatoms. The second-order valence-corrected chi connectivity index (χ2v) is 6.02. The monoisotopic (exact) mass is 299 g/mol. The molecule has 0 bridgehead atoms. The number of amides is 1. The summed E-state index contributed by atoms with van der Waals surface area (Å²) in [5.41, 5.74) is 5.30. The first kappa shape index (κ1) is 16.1. The highest BCUT2D eigenvalue weighted by atomic mass is 32.2. The largest absolute Gasteiger partial charge is 0.377 e. The average molecular weight is 299 g/mol. The Morgan fingerprint density at radius 3 is 2.70 bits per heavy atom. The summed E-state index contributed by atoms with van der Waals surface area (Å²) in [6, 6.07) is 3.96. The summed E-state index contributed by atoms with van der Waals surface area (Å²) < 4.78 is 11.0. The number of benzene rings is 1. The third kappa shape index (κ3) is 4.61. The van der Waals surface area contributed by atoms with E-state index in [1.165, 1.54) is 12.1 Å². The van der Waals surface area contributed by atoms with Crippen LogP contribution in [0, 0.1) is 10.1 Å². The number of carbonyl (C=O) groups is 1.